The van der Waals surface area contributed by atoms with Crippen LogP contribution in [0, 0.1) is 0 Å². The number of nitrogens with one attached hydrogen (secondary N) is 2. The number of hydrogen-bond donors (Lipinski definition) is 2. The van der Waals surface area contributed by atoms with Crippen molar-refractivity contribution >= 4 is 40.8 Å². The molecule has 0 unspecified atom stereocenters. The summed E-state index contributed by atoms with van der Waals surface area (Å²) in [5.41, 5.74) is 0.498. The number of halogens is 4. The topological polar surface area (TPSA) is 85.9 Å². The van der Waals surface area contributed by atoms with Gasteiger partial charge >= 0.3 is 12.3 Å². The molecule has 2 aliphatic rings. The maximum Gasteiger partial charge on any atom is 0.421 e. The number of nitrogens with zero attached hydrogens (tertiary/aromatic N) is 5. The first kappa shape index (κ1) is 26.1. The van der Waals surface area contributed by atoms with E-state index < -0.39 is 17.8 Å². The molecule has 1 aromatic carbocycles. The molecule has 1 aromatic heterocycles. The fourth-order valence-electron chi connectivity index (χ4n) is 4.05. The molecule has 196 valence electrons. The Morgan fingerprint density at radius 2 is 1.94 bits per heavy atom. The van der Waals surface area contributed by atoms with Gasteiger partial charge in [0, 0.05) is 57.7 Å². The highest BCUT2D eigenvalue weighted by Crippen LogP contribution is 2.35. The van der Waals surface area contributed by atoms with Gasteiger partial charge in [0.1, 0.15) is 11.4 Å². The summed E-state index contributed by atoms with van der Waals surface area (Å²) in [5.74, 6) is -0.356. The molecular weight excluding hydrogens is 499 g/mol. The molecule has 2 fully saturated rings. The zero-order valence-electron chi connectivity index (χ0n) is 19.9. The molecule has 0 radical (unpaired) electrons. The third-order valence-electron chi connectivity index (χ3n) is 6.12. The molecule has 2 saturated heterocycles. The number of carbonyl (C=O) groups is 1. The van der Waals surface area contributed by atoms with Gasteiger partial charge in [-0.2, -0.15) is 18.2 Å². The first-order valence-corrected chi connectivity index (χ1v) is 12.2. The minimum absolute atomic E-state index is 0.0145. The summed E-state index contributed by atoms with van der Waals surface area (Å²) in [6, 6.07) is 5.50. The highest BCUT2D eigenvalue weighted by atomic mass is 35.5. The number of rotatable bonds is 8. The van der Waals surface area contributed by atoms with Crippen molar-refractivity contribution in [2.24, 2.45) is 0 Å². The molecule has 0 spiro atoms. The molecule has 9 nitrogen and oxygen atoms in total. The summed E-state index contributed by atoms with van der Waals surface area (Å²) < 4.78 is 45.6. The average Bonchev–Trinajstić information content (AvgIpc) is 2.84. The van der Waals surface area contributed by atoms with Gasteiger partial charge in [0.2, 0.25) is 5.95 Å². The molecule has 36 heavy (non-hydrogen) atoms. The van der Waals surface area contributed by atoms with Crippen molar-refractivity contribution in [3.8, 4) is 0 Å². The lowest BCUT2D eigenvalue weighted by Crippen LogP contribution is -2.44. The second kappa shape index (κ2) is 11.4. The third kappa shape index (κ3) is 6.61. The lowest BCUT2D eigenvalue weighted by atomic mass is 10.2. The maximum absolute atomic E-state index is 13.5. The number of cyclic esters (lactones) is 1. The van der Waals surface area contributed by atoms with Crippen LogP contribution in [0.2, 0.25) is 5.02 Å². The molecular formula is C23H29ClF3N7O2. The van der Waals surface area contributed by atoms with Crippen molar-refractivity contribution in [2.75, 3.05) is 75.0 Å². The number of ether oxygens (including phenoxy) is 1. The summed E-state index contributed by atoms with van der Waals surface area (Å²) in [5, 5.41) is 6.07. The Labute approximate surface area is 212 Å². The molecule has 3 heterocycles. The van der Waals surface area contributed by atoms with Gasteiger partial charge in [-0.25, -0.2) is 9.78 Å². The normalized spacial score (nSPS) is 17.2. The number of anilines is 4. The van der Waals surface area contributed by atoms with Crippen molar-refractivity contribution in [1.82, 2.24) is 19.8 Å². The second-order valence-electron chi connectivity index (χ2n) is 8.77. The van der Waals surface area contributed by atoms with Crippen LogP contribution < -0.4 is 15.5 Å². The molecule has 2 aliphatic heterocycles. The summed E-state index contributed by atoms with van der Waals surface area (Å²) in [6.07, 6.45) is -3.12. The fourth-order valence-corrected chi connectivity index (χ4v) is 4.27. The average molecular weight is 528 g/mol. The first-order valence-electron chi connectivity index (χ1n) is 11.8. The smallest absolute Gasteiger partial charge is 0.421 e. The van der Waals surface area contributed by atoms with E-state index in [9.17, 15) is 18.0 Å². The number of benzene rings is 1. The Bertz CT molecular complexity index is 1060. The lowest BCUT2D eigenvalue weighted by Gasteiger charge is -2.34. The molecule has 4 rings (SSSR count). The van der Waals surface area contributed by atoms with E-state index in [1.807, 2.05) is 12.1 Å². The largest absolute Gasteiger partial charge is 0.449 e. The third-order valence-corrected chi connectivity index (χ3v) is 6.43. The summed E-state index contributed by atoms with van der Waals surface area (Å²) in [7, 11) is 2.08. The first-order chi connectivity index (χ1) is 17.2. The molecule has 2 N–H and O–H groups in total. The molecule has 13 heteroatoms. The minimum Gasteiger partial charge on any atom is -0.449 e. The van der Waals surface area contributed by atoms with E-state index >= 15 is 0 Å². The van der Waals surface area contributed by atoms with E-state index in [0.717, 1.165) is 44.5 Å². The van der Waals surface area contributed by atoms with Gasteiger partial charge in [-0.3, -0.25) is 0 Å². The Hall–Kier alpha value is -2.99. The van der Waals surface area contributed by atoms with Crippen LogP contribution in [0.25, 0.3) is 0 Å². The molecule has 0 bridgehead atoms. The quantitative estimate of drug-likeness (QED) is 0.492. The Kier molecular flexibility index (Phi) is 8.24. The number of hydrogen-bond acceptors (Lipinski definition) is 8. The number of likely N-dealkylation sites (N-methyl/N-ethyl adjacent to an activating group) is 1. The standard InChI is InChI=1S/C23H29ClF3N7O2/c1-32-9-11-33(12-10-32)16-4-5-19(18(24)14-16)30-21-29-15-17(23(25,26)27)20(31-21)28-6-2-7-34-8-3-13-36-22(34)35/h4-5,14-15H,2-3,6-13H2,1H3,(H2,28,29,30,31). The van der Waals surface area contributed by atoms with Gasteiger partial charge in [0.25, 0.3) is 0 Å². The highest BCUT2D eigenvalue weighted by molar-refractivity contribution is 6.33. The van der Waals surface area contributed by atoms with Gasteiger partial charge in [-0.05, 0) is 38.1 Å². The lowest BCUT2D eigenvalue weighted by molar-refractivity contribution is -0.137. The van der Waals surface area contributed by atoms with E-state index in [4.69, 9.17) is 16.3 Å². The SMILES string of the molecule is CN1CCN(c2ccc(Nc3ncc(C(F)(F)F)c(NCCCN4CCCOC4=O)n3)c(Cl)c2)CC1. The monoisotopic (exact) mass is 527 g/mol. The molecule has 0 aliphatic carbocycles. The second-order valence-corrected chi connectivity index (χ2v) is 9.18. The van der Waals surface area contributed by atoms with Crippen molar-refractivity contribution in [2.45, 2.75) is 19.0 Å². The van der Waals surface area contributed by atoms with Crippen molar-refractivity contribution in [1.29, 1.82) is 0 Å². The van der Waals surface area contributed by atoms with E-state index in [1.165, 1.54) is 4.90 Å². The number of amides is 1. The predicted octanol–water partition coefficient (Wildman–Crippen LogP) is 4.29. The Morgan fingerprint density at radius 3 is 2.64 bits per heavy atom. The van der Waals surface area contributed by atoms with Gasteiger partial charge in [0.15, 0.2) is 0 Å². The van der Waals surface area contributed by atoms with Crippen molar-refractivity contribution in [3.05, 3.63) is 35.0 Å². The van der Waals surface area contributed by atoms with Crippen LogP contribution in [-0.4, -0.2) is 85.3 Å². The molecule has 1 amide bonds. The van der Waals surface area contributed by atoms with Gasteiger partial charge in [-0.15, -0.1) is 0 Å². The van der Waals surface area contributed by atoms with Crippen LogP contribution in [0.15, 0.2) is 24.4 Å². The number of piperazine rings is 1. The van der Waals surface area contributed by atoms with Crippen LogP contribution in [0.3, 0.4) is 0 Å². The number of carbonyl (C=O) groups excluding carboxylic acids is 1. The fraction of sp³-hybridized carbons (Fsp3) is 0.522. The van der Waals surface area contributed by atoms with Crippen molar-refractivity contribution in [3.63, 3.8) is 0 Å². The maximum atomic E-state index is 13.5. The highest BCUT2D eigenvalue weighted by Gasteiger charge is 2.35. The van der Waals surface area contributed by atoms with Gasteiger partial charge in [-0.1, -0.05) is 11.6 Å². The van der Waals surface area contributed by atoms with E-state index in [1.54, 1.807) is 6.07 Å². The van der Waals surface area contributed by atoms with Crippen molar-refractivity contribution < 1.29 is 22.7 Å². The van der Waals surface area contributed by atoms with Gasteiger partial charge < -0.3 is 30.1 Å². The van der Waals surface area contributed by atoms with E-state index in [2.05, 4.69) is 37.4 Å². The van der Waals surface area contributed by atoms with Crippen LogP contribution in [0.5, 0.6) is 0 Å². The molecule has 0 atom stereocenters. The predicted molar refractivity (Wildman–Crippen MR) is 132 cm³/mol. The Balaban J connectivity index is 1.42. The van der Waals surface area contributed by atoms with Gasteiger partial charge in [0.05, 0.1) is 17.3 Å². The summed E-state index contributed by atoms with van der Waals surface area (Å²) in [6.45, 7) is 5.20. The summed E-state index contributed by atoms with van der Waals surface area (Å²) >= 11 is 6.47. The van der Waals surface area contributed by atoms with E-state index in [0.29, 0.717) is 36.8 Å². The number of aromatic nitrogens is 2. The number of alkyl halides is 3. The minimum atomic E-state index is -4.63. The van der Waals surface area contributed by atoms with Crippen LogP contribution >= 0.6 is 11.6 Å². The van der Waals surface area contributed by atoms with Crippen LogP contribution in [0.4, 0.5) is 41.1 Å². The van der Waals surface area contributed by atoms with Crippen LogP contribution in [0.1, 0.15) is 18.4 Å². The summed E-state index contributed by atoms with van der Waals surface area (Å²) in [4.78, 5) is 25.6. The zero-order chi connectivity index (χ0) is 25.7. The van der Waals surface area contributed by atoms with Crippen LogP contribution in [-0.2, 0) is 10.9 Å². The molecule has 2 aromatic rings. The Morgan fingerprint density at radius 1 is 1.17 bits per heavy atom. The molecule has 0 saturated carbocycles. The van der Waals surface area contributed by atoms with E-state index in [-0.39, 0.29) is 18.3 Å². The zero-order valence-corrected chi connectivity index (χ0v) is 20.7.